The Morgan fingerprint density at radius 3 is 1.85 bits per heavy atom. The lowest BCUT2D eigenvalue weighted by molar-refractivity contribution is -0.161. The minimum Gasteiger partial charge on any atom is -0.465 e. The predicted octanol–water partition coefficient (Wildman–Crippen LogP) is 1.73. The molecule has 108 valence electrons. The van der Waals surface area contributed by atoms with Gasteiger partial charge in [-0.3, -0.25) is 9.59 Å². The van der Waals surface area contributed by atoms with Crippen molar-refractivity contribution in [1.29, 1.82) is 10.5 Å². The molecule has 0 aromatic rings. The summed E-state index contributed by atoms with van der Waals surface area (Å²) in [5.74, 6) is -3.00. The summed E-state index contributed by atoms with van der Waals surface area (Å²) < 4.78 is 9.63. The number of hydrogen-bond donors (Lipinski definition) is 0. The van der Waals surface area contributed by atoms with Crippen molar-refractivity contribution in [2.75, 3.05) is 13.2 Å². The first-order valence-electron chi connectivity index (χ1n) is 6.38. The average molecular weight is 278 g/mol. The molecule has 0 rings (SSSR count). The van der Waals surface area contributed by atoms with Crippen LogP contribution in [0.3, 0.4) is 0 Å². The van der Waals surface area contributed by atoms with Crippen LogP contribution in [0.1, 0.15) is 26.7 Å². The molecule has 0 unspecified atom stereocenters. The van der Waals surface area contributed by atoms with Crippen LogP contribution < -0.4 is 0 Å². The Morgan fingerprint density at radius 2 is 1.45 bits per heavy atom. The van der Waals surface area contributed by atoms with Gasteiger partial charge in [0.1, 0.15) is 5.92 Å². The monoisotopic (exact) mass is 278 g/mol. The predicted molar refractivity (Wildman–Crippen MR) is 69.8 cm³/mol. The van der Waals surface area contributed by atoms with E-state index in [1.165, 1.54) is 0 Å². The second-order valence-electron chi connectivity index (χ2n) is 3.81. The lowest BCUT2D eigenvalue weighted by Gasteiger charge is -2.12. The molecule has 0 saturated heterocycles. The van der Waals surface area contributed by atoms with Crippen LogP contribution in [0.15, 0.2) is 12.2 Å². The third-order valence-electron chi connectivity index (χ3n) is 2.36. The van der Waals surface area contributed by atoms with E-state index in [-0.39, 0.29) is 26.1 Å². The molecule has 0 heterocycles. The van der Waals surface area contributed by atoms with Crippen molar-refractivity contribution in [3.8, 4) is 12.1 Å². The summed E-state index contributed by atoms with van der Waals surface area (Å²) in [4.78, 5) is 23.3. The molecule has 0 bridgehead atoms. The molecule has 0 aliphatic rings. The van der Waals surface area contributed by atoms with Crippen LogP contribution >= 0.6 is 0 Å². The lowest BCUT2D eigenvalue weighted by atomic mass is 10.0. The molecule has 0 aliphatic heterocycles. The van der Waals surface area contributed by atoms with E-state index < -0.39 is 23.8 Å². The summed E-state index contributed by atoms with van der Waals surface area (Å²) in [6.07, 6.45) is 3.56. The first-order valence-corrected chi connectivity index (χ1v) is 6.38. The highest BCUT2D eigenvalue weighted by molar-refractivity contribution is 5.95. The SMILES string of the molecule is CCOC(=O)C(C/C=C/CC(C#N)C#N)C(=O)OCC. The van der Waals surface area contributed by atoms with Crippen molar-refractivity contribution in [3.63, 3.8) is 0 Å². The largest absolute Gasteiger partial charge is 0.465 e. The van der Waals surface area contributed by atoms with Crippen molar-refractivity contribution in [2.24, 2.45) is 11.8 Å². The summed E-state index contributed by atoms with van der Waals surface area (Å²) >= 11 is 0. The molecule has 0 spiro atoms. The van der Waals surface area contributed by atoms with Gasteiger partial charge in [-0.15, -0.1) is 0 Å². The maximum absolute atomic E-state index is 11.6. The first kappa shape index (κ1) is 17.7. The number of carbonyl (C=O) groups excluding carboxylic acids is 2. The van der Waals surface area contributed by atoms with Gasteiger partial charge in [-0.25, -0.2) is 0 Å². The van der Waals surface area contributed by atoms with Crippen molar-refractivity contribution in [1.82, 2.24) is 0 Å². The maximum atomic E-state index is 11.6. The molecule has 0 saturated carbocycles. The maximum Gasteiger partial charge on any atom is 0.320 e. The topological polar surface area (TPSA) is 100 Å². The number of hydrogen-bond acceptors (Lipinski definition) is 6. The van der Waals surface area contributed by atoms with E-state index >= 15 is 0 Å². The van der Waals surface area contributed by atoms with Gasteiger partial charge in [0.05, 0.1) is 25.4 Å². The highest BCUT2D eigenvalue weighted by atomic mass is 16.6. The van der Waals surface area contributed by atoms with E-state index in [0.29, 0.717) is 0 Å². The second-order valence-corrected chi connectivity index (χ2v) is 3.81. The minimum atomic E-state index is -1.01. The lowest BCUT2D eigenvalue weighted by Crippen LogP contribution is -2.27. The molecule has 0 aliphatic carbocycles. The molecular weight excluding hydrogens is 260 g/mol. The fourth-order valence-corrected chi connectivity index (χ4v) is 1.37. The van der Waals surface area contributed by atoms with Gasteiger partial charge in [-0.1, -0.05) is 12.2 Å². The van der Waals surface area contributed by atoms with E-state index in [1.54, 1.807) is 26.0 Å². The summed E-state index contributed by atoms with van der Waals surface area (Å²) in [5, 5.41) is 17.2. The summed E-state index contributed by atoms with van der Waals surface area (Å²) in [7, 11) is 0. The molecule has 20 heavy (non-hydrogen) atoms. The molecule has 0 radical (unpaired) electrons. The zero-order valence-electron chi connectivity index (χ0n) is 11.7. The Morgan fingerprint density at radius 1 is 1.00 bits per heavy atom. The molecule has 0 aromatic heterocycles. The third-order valence-corrected chi connectivity index (χ3v) is 2.36. The average Bonchev–Trinajstić information content (AvgIpc) is 2.43. The third kappa shape index (κ3) is 6.55. The Hall–Kier alpha value is -2.34. The molecule has 0 amide bonds. The van der Waals surface area contributed by atoms with Gasteiger partial charge in [0, 0.05) is 0 Å². The first-order chi connectivity index (χ1) is 9.60. The van der Waals surface area contributed by atoms with Crippen molar-refractivity contribution >= 4 is 11.9 Å². The molecule has 0 N–H and O–H groups in total. The Balaban J connectivity index is 4.55. The quantitative estimate of drug-likeness (QED) is 0.381. The number of nitrogens with zero attached hydrogens (tertiary/aromatic N) is 2. The highest BCUT2D eigenvalue weighted by Gasteiger charge is 2.28. The normalized spacial score (nSPS) is 10.3. The molecular formula is C14H18N2O4. The van der Waals surface area contributed by atoms with Gasteiger partial charge >= 0.3 is 11.9 Å². The van der Waals surface area contributed by atoms with Crippen LogP contribution in [0.5, 0.6) is 0 Å². The molecule has 0 fully saturated rings. The summed E-state index contributed by atoms with van der Waals surface area (Å²) in [6, 6.07) is 3.66. The Bertz CT molecular complexity index is 399. The van der Waals surface area contributed by atoms with E-state index in [0.717, 1.165) is 0 Å². The number of nitriles is 2. The van der Waals surface area contributed by atoms with Crippen molar-refractivity contribution in [2.45, 2.75) is 26.7 Å². The van der Waals surface area contributed by atoms with Crippen LogP contribution in [0.25, 0.3) is 0 Å². The molecule has 6 nitrogen and oxygen atoms in total. The van der Waals surface area contributed by atoms with E-state index in [4.69, 9.17) is 20.0 Å². The number of ether oxygens (including phenoxy) is 2. The standard InChI is InChI=1S/C14H18N2O4/c1-3-19-13(17)12(14(18)20-4-2)8-6-5-7-11(9-15)10-16/h5-6,11-12H,3-4,7-8H2,1-2H3/b6-5+. The minimum absolute atomic E-state index is 0.126. The van der Waals surface area contributed by atoms with E-state index in [9.17, 15) is 9.59 Å². The van der Waals surface area contributed by atoms with Crippen LogP contribution in [0.2, 0.25) is 0 Å². The number of carbonyl (C=O) groups is 2. The Kier molecular flexibility index (Phi) is 9.33. The highest BCUT2D eigenvalue weighted by Crippen LogP contribution is 2.11. The van der Waals surface area contributed by atoms with Gasteiger partial charge in [0.2, 0.25) is 0 Å². The number of allylic oxidation sites excluding steroid dienone is 2. The van der Waals surface area contributed by atoms with Gasteiger partial charge in [-0.2, -0.15) is 10.5 Å². The van der Waals surface area contributed by atoms with Gasteiger partial charge in [0.15, 0.2) is 5.92 Å². The van der Waals surface area contributed by atoms with E-state index in [2.05, 4.69) is 0 Å². The number of esters is 2. The molecule has 0 atom stereocenters. The van der Waals surface area contributed by atoms with Gasteiger partial charge < -0.3 is 9.47 Å². The molecule has 6 heteroatoms. The van der Waals surface area contributed by atoms with Crippen LogP contribution in [0, 0.1) is 34.5 Å². The van der Waals surface area contributed by atoms with E-state index in [1.807, 2.05) is 12.1 Å². The fourth-order valence-electron chi connectivity index (χ4n) is 1.37. The number of rotatable bonds is 8. The van der Waals surface area contributed by atoms with Gasteiger partial charge in [-0.05, 0) is 26.7 Å². The fraction of sp³-hybridized carbons (Fsp3) is 0.571. The summed E-state index contributed by atoms with van der Waals surface area (Å²) in [6.45, 7) is 3.67. The molecule has 0 aromatic carbocycles. The smallest absolute Gasteiger partial charge is 0.320 e. The van der Waals surface area contributed by atoms with Crippen LogP contribution in [-0.2, 0) is 19.1 Å². The van der Waals surface area contributed by atoms with Crippen molar-refractivity contribution in [3.05, 3.63) is 12.2 Å². The van der Waals surface area contributed by atoms with Gasteiger partial charge in [0.25, 0.3) is 0 Å². The zero-order chi connectivity index (χ0) is 15.4. The second kappa shape index (κ2) is 10.6. The Labute approximate surface area is 118 Å². The van der Waals surface area contributed by atoms with Crippen molar-refractivity contribution < 1.29 is 19.1 Å². The van der Waals surface area contributed by atoms with Crippen LogP contribution in [0.4, 0.5) is 0 Å². The summed E-state index contributed by atoms with van der Waals surface area (Å²) in [5.41, 5.74) is 0. The van der Waals surface area contributed by atoms with Crippen LogP contribution in [-0.4, -0.2) is 25.2 Å². The zero-order valence-corrected chi connectivity index (χ0v) is 11.7.